The Balaban J connectivity index is 1.51. The number of hydrogen-bond acceptors (Lipinski definition) is 4. The number of anilines is 1. The zero-order valence-corrected chi connectivity index (χ0v) is 9.87. The van der Waals surface area contributed by atoms with Crippen LogP contribution in [0.4, 0.5) is 5.69 Å². The van der Waals surface area contributed by atoms with E-state index in [1.807, 2.05) is 18.2 Å². The minimum Gasteiger partial charge on any atom is -0.454 e. The largest absolute Gasteiger partial charge is 0.454 e. The standard InChI is InChI=1S/C13H18N2O2/c1-2-10(14-6-1)5-7-15-11-3-4-12-13(8-11)17-9-16-12/h3-4,8,10,14-15H,1-2,5-7,9H2. The summed E-state index contributed by atoms with van der Waals surface area (Å²) in [6.07, 6.45) is 3.80. The summed E-state index contributed by atoms with van der Waals surface area (Å²) >= 11 is 0. The smallest absolute Gasteiger partial charge is 0.231 e. The third-order valence-corrected chi connectivity index (χ3v) is 3.36. The molecule has 1 unspecified atom stereocenters. The Morgan fingerprint density at radius 3 is 3.12 bits per heavy atom. The number of ether oxygens (including phenoxy) is 2. The van der Waals surface area contributed by atoms with Gasteiger partial charge in [-0.15, -0.1) is 0 Å². The summed E-state index contributed by atoms with van der Waals surface area (Å²) in [4.78, 5) is 0. The maximum absolute atomic E-state index is 5.34. The summed E-state index contributed by atoms with van der Waals surface area (Å²) in [6.45, 7) is 2.51. The maximum Gasteiger partial charge on any atom is 0.231 e. The number of hydrogen-bond donors (Lipinski definition) is 2. The molecule has 1 saturated heterocycles. The predicted octanol–water partition coefficient (Wildman–Crippen LogP) is 1.97. The topological polar surface area (TPSA) is 42.5 Å². The molecule has 0 spiro atoms. The van der Waals surface area contributed by atoms with Crippen molar-refractivity contribution in [1.82, 2.24) is 5.32 Å². The van der Waals surface area contributed by atoms with Gasteiger partial charge in [0, 0.05) is 24.3 Å². The summed E-state index contributed by atoms with van der Waals surface area (Å²) in [6, 6.07) is 6.69. The summed E-state index contributed by atoms with van der Waals surface area (Å²) in [5.41, 5.74) is 1.10. The highest BCUT2D eigenvalue weighted by molar-refractivity contribution is 5.55. The second-order valence-corrected chi connectivity index (χ2v) is 4.58. The lowest BCUT2D eigenvalue weighted by Crippen LogP contribution is -2.24. The van der Waals surface area contributed by atoms with Gasteiger partial charge in [-0.2, -0.15) is 0 Å². The van der Waals surface area contributed by atoms with E-state index in [2.05, 4.69) is 10.6 Å². The van der Waals surface area contributed by atoms with E-state index in [0.717, 1.165) is 23.7 Å². The molecule has 1 atom stereocenters. The zero-order valence-electron chi connectivity index (χ0n) is 9.87. The highest BCUT2D eigenvalue weighted by Gasteiger charge is 2.14. The second-order valence-electron chi connectivity index (χ2n) is 4.58. The van der Waals surface area contributed by atoms with Crippen LogP contribution in [-0.4, -0.2) is 25.9 Å². The molecule has 0 bridgehead atoms. The average Bonchev–Trinajstić information content (AvgIpc) is 2.98. The average molecular weight is 234 g/mol. The van der Waals surface area contributed by atoms with Crippen molar-refractivity contribution in [3.05, 3.63) is 18.2 Å². The number of nitrogens with one attached hydrogen (secondary N) is 2. The van der Waals surface area contributed by atoms with Crippen molar-refractivity contribution in [3.8, 4) is 11.5 Å². The van der Waals surface area contributed by atoms with Crippen molar-refractivity contribution in [1.29, 1.82) is 0 Å². The van der Waals surface area contributed by atoms with Gasteiger partial charge in [0.05, 0.1) is 0 Å². The minimum atomic E-state index is 0.338. The van der Waals surface area contributed by atoms with Gasteiger partial charge in [-0.05, 0) is 37.9 Å². The Bertz CT molecular complexity index is 389. The van der Waals surface area contributed by atoms with Gasteiger partial charge in [0.25, 0.3) is 0 Å². The van der Waals surface area contributed by atoms with Gasteiger partial charge >= 0.3 is 0 Å². The van der Waals surface area contributed by atoms with Gasteiger partial charge in [-0.1, -0.05) is 0 Å². The van der Waals surface area contributed by atoms with Gasteiger partial charge in [0.15, 0.2) is 11.5 Å². The van der Waals surface area contributed by atoms with Crippen LogP contribution in [0, 0.1) is 0 Å². The first-order valence-corrected chi connectivity index (χ1v) is 6.29. The van der Waals surface area contributed by atoms with E-state index >= 15 is 0 Å². The molecule has 0 aliphatic carbocycles. The van der Waals surface area contributed by atoms with Crippen LogP contribution < -0.4 is 20.1 Å². The first-order valence-electron chi connectivity index (χ1n) is 6.29. The van der Waals surface area contributed by atoms with Crippen molar-refractivity contribution in [2.45, 2.75) is 25.3 Å². The summed E-state index contributed by atoms with van der Waals surface area (Å²) in [5.74, 6) is 1.68. The SMILES string of the molecule is c1cc2c(cc1NCCC1CCCN1)OCO2. The first-order chi connectivity index (χ1) is 8.42. The number of benzene rings is 1. The lowest BCUT2D eigenvalue weighted by molar-refractivity contribution is 0.174. The molecule has 1 fully saturated rings. The van der Waals surface area contributed by atoms with Gasteiger partial charge in [0.2, 0.25) is 6.79 Å². The highest BCUT2D eigenvalue weighted by Crippen LogP contribution is 2.34. The van der Waals surface area contributed by atoms with Crippen LogP contribution >= 0.6 is 0 Å². The summed E-state index contributed by atoms with van der Waals surface area (Å²) in [5, 5.41) is 6.93. The van der Waals surface area contributed by atoms with Crippen LogP contribution in [0.3, 0.4) is 0 Å². The molecule has 4 nitrogen and oxygen atoms in total. The van der Waals surface area contributed by atoms with Crippen LogP contribution in [0.25, 0.3) is 0 Å². The number of rotatable bonds is 4. The number of fused-ring (bicyclic) bond motifs is 1. The third-order valence-electron chi connectivity index (χ3n) is 3.36. The fourth-order valence-electron chi connectivity index (χ4n) is 2.40. The van der Waals surface area contributed by atoms with Crippen molar-refractivity contribution < 1.29 is 9.47 Å². The normalized spacial score (nSPS) is 21.8. The van der Waals surface area contributed by atoms with Crippen LogP contribution in [-0.2, 0) is 0 Å². The Morgan fingerprint density at radius 2 is 2.24 bits per heavy atom. The van der Waals surface area contributed by atoms with E-state index in [9.17, 15) is 0 Å². The van der Waals surface area contributed by atoms with E-state index in [1.165, 1.54) is 25.8 Å². The molecule has 2 aliphatic rings. The molecule has 1 aromatic rings. The molecule has 2 N–H and O–H groups in total. The molecule has 0 saturated carbocycles. The van der Waals surface area contributed by atoms with Gasteiger partial charge < -0.3 is 20.1 Å². The molecule has 3 rings (SSSR count). The Hall–Kier alpha value is -1.42. The van der Waals surface area contributed by atoms with E-state index in [1.54, 1.807) is 0 Å². The Kier molecular flexibility index (Phi) is 3.05. The maximum atomic E-state index is 5.34. The highest BCUT2D eigenvalue weighted by atomic mass is 16.7. The molecule has 0 aromatic heterocycles. The summed E-state index contributed by atoms with van der Waals surface area (Å²) < 4.78 is 10.6. The molecule has 2 heterocycles. The molecular formula is C13H18N2O2. The van der Waals surface area contributed by atoms with E-state index in [-0.39, 0.29) is 0 Å². The molecule has 2 aliphatic heterocycles. The molecule has 4 heteroatoms. The molecule has 92 valence electrons. The van der Waals surface area contributed by atoms with Gasteiger partial charge in [0.1, 0.15) is 0 Å². The van der Waals surface area contributed by atoms with Crippen LogP contribution in [0.2, 0.25) is 0 Å². The van der Waals surface area contributed by atoms with Crippen LogP contribution in [0.5, 0.6) is 11.5 Å². The second kappa shape index (κ2) is 4.84. The van der Waals surface area contributed by atoms with E-state index in [4.69, 9.17) is 9.47 Å². The lowest BCUT2D eigenvalue weighted by Gasteiger charge is -2.11. The molecular weight excluding hydrogens is 216 g/mol. The fourth-order valence-corrected chi connectivity index (χ4v) is 2.40. The monoisotopic (exact) mass is 234 g/mol. The molecule has 1 aromatic carbocycles. The Labute approximate surface area is 101 Å². The quantitative estimate of drug-likeness (QED) is 0.836. The predicted molar refractivity (Wildman–Crippen MR) is 66.7 cm³/mol. The van der Waals surface area contributed by atoms with Crippen LogP contribution in [0.1, 0.15) is 19.3 Å². The molecule has 0 amide bonds. The van der Waals surface area contributed by atoms with E-state index in [0.29, 0.717) is 12.8 Å². The van der Waals surface area contributed by atoms with Crippen molar-refractivity contribution >= 4 is 5.69 Å². The first kappa shape index (κ1) is 10.7. The van der Waals surface area contributed by atoms with Gasteiger partial charge in [-0.3, -0.25) is 0 Å². The molecule has 0 radical (unpaired) electrons. The van der Waals surface area contributed by atoms with Gasteiger partial charge in [-0.25, -0.2) is 0 Å². The minimum absolute atomic E-state index is 0.338. The van der Waals surface area contributed by atoms with Crippen molar-refractivity contribution in [2.24, 2.45) is 0 Å². The lowest BCUT2D eigenvalue weighted by atomic mass is 10.1. The molecule has 17 heavy (non-hydrogen) atoms. The fraction of sp³-hybridized carbons (Fsp3) is 0.538. The third kappa shape index (κ3) is 2.47. The van der Waals surface area contributed by atoms with E-state index < -0.39 is 0 Å². The zero-order chi connectivity index (χ0) is 11.5. The summed E-state index contributed by atoms with van der Waals surface area (Å²) in [7, 11) is 0. The van der Waals surface area contributed by atoms with Crippen molar-refractivity contribution in [3.63, 3.8) is 0 Å². The Morgan fingerprint density at radius 1 is 1.29 bits per heavy atom. The van der Waals surface area contributed by atoms with Crippen molar-refractivity contribution in [2.75, 3.05) is 25.2 Å². The van der Waals surface area contributed by atoms with Crippen LogP contribution in [0.15, 0.2) is 18.2 Å².